The van der Waals surface area contributed by atoms with Gasteiger partial charge in [-0.05, 0) is 37.5 Å². The molecule has 0 N–H and O–H groups in total. The van der Waals surface area contributed by atoms with Gasteiger partial charge in [0.25, 0.3) is 0 Å². The Morgan fingerprint density at radius 1 is 1.28 bits per heavy atom. The minimum absolute atomic E-state index is 0.0544. The van der Waals surface area contributed by atoms with Crippen molar-refractivity contribution in [2.75, 3.05) is 13.1 Å². The van der Waals surface area contributed by atoms with Gasteiger partial charge in [0.2, 0.25) is 5.91 Å². The minimum atomic E-state index is -0.794. The first-order chi connectivity index (χ1) is 8.53. The zero-order valence-electron chi connectivity index (χ0n) is 12.3. The van der Waals surface area contributed by atoms with Gasteiger partial charge in [0.1, 0.15) is 5.41 Å². The highest BCUT2D eigenvalue weighted by Gasteiger charge is 2.44. The molecule has 0 aromatic carbocycles. The summed E-state index contributed by atoms with van der Waals surface area (Å²) < 4.78 is 0. The van der Waals surface area contributed by atoms with E-state index < -0.39 is 5.41 Å². The molecule has 1 aliphatic heterocycles. The molecule has 1 aliphatic rings. The molecule has 0 bridgehead atoms. The van der Waals surface area contributed by atoms with Crippen molar-refractivity contribution in [2.24, 2.45) is 10.8 Å². The van der Waals surface area contributed by atoms with Crippen molar-refractivity contribution in [1.29, 1.82) is 5.26 Å². The molecule has 0 aromatic heterocycles. The lowest BCUT2D eigenvalue weighted by atomic mass is 9.81. The highest BCUT2D eigenvalue weighted by Crippen LogP contribution is 2.39. The largest absolute Gasteiger partial charge is 0.341 e. The lowest BCUT2D eigenvalue weighted by molar-refractivity contribution is -0.138. The predicted octanol–water partition coefficient (Wildman–Crippen LogP) is 3.36. The summed E-state index contributed by atoms with van der Waals surface area (Å²) in [5, 5.41) is 9.35. The van der Waals surface area contributed by atoms with Crippen LogP contribution in [0.25, 0.3) is 0 Å². The highest BCUT2D eigenvalue weighted by atomic mass is 16.2. The quantitative estimate of drug-likeness (QED) is 0.751. The average Bonchev–Trinajstić information content (AvgIpc) is 2.86. The summed E-state index contributed by atoms with van der Waals surface area (Å²) in [4.78, 5) is 14.5. The lowest BCUT2D eigenvalue weighted by Gasteiger charge is -2.31. The van der Waals surface area contributed by atoms with Crippen LogP contribution in [0.15, 0.2) is 0 Å². The van der Waals surface area contributed by atoms with Gasteiger partial charge in [-0.2, -0.15) is 5.26 Å². The molecule has 0 radical (unpaired) electrons. The molecule has 0 aromatic rings. The van der Waals surface area contributed by atoms with Crippen LogP contribution >= 0.6 is 0 Å². The van der Waals surface area contributed by atoms with Crippen LogP contribution < -0.4 is 0 Å². The SMILES string of the molecule is CCC1(CC)CCN(C(=O)C(C#N)(CC)CC)C1. The smallest absolute Gasteiger partial charge is 0.243 e. The second kappa shape index (κ2) is 5.73. The Morgan fingerprint density at radius 3 is 2.17 bits per heavy atom. The molecule has 18 heavy (non-hydrogen) atoms. The number of nitrogens with zero attached hydrogens (tertiary/aromatic N) is 2. The van der Waals surface area contributed by atoms with Crippen LogP contribution in [0.4, 0.5) is 0 Å². The maximum absolute atomic E-state index is 12.6. The van der Waals surface area contributed by atoms with E-state index in [1.54, 1.807) is 0 Å². The molecule has 0 spiro atoms. The zero-order valence-corrected chi connectivity index (χ0v) is 12.3. The zero-order chi connectivity index (χ0) is 13.8. The normalized spacial score (nSPS) is 18.7. The van der Waals surface area contributed by atoms with E-state index in [9.17, 15) is 10.1 Å². The summed E-state index contributed by atoms with van der Waals surface area (Å²) in [6, 6.07) is 2.26. The van der Waals surface area contributed by atoms with E-state index in [-0.39, 0.29) is 5.91 Å². The monoisotopic (exact) mass is 250 g/mol. The van der Waals surface area contributed by atoms with E-state index in [0.29, 0.717) is 18.3 Å². The topological polar surface area (TPSA) is 44.1 Å². The van der Waals surface area contributed by atoms with Crippen LogP contribution in [0, 0.1) is 22.2 Å². The number of hydrogen-bond donors (Lipinski definition) is 0. The Hall–Kier alpha value is -1.04. The second-order valence-electron chi connectivity index (χ2n) is 5.58. The van der Waals surface area contributed by atoms with Gasteiger partial charge in [-0.25, -0.2) is 0 Å². The summed E-state index contributed by atoms with van der Waals surface area (Å²) >= 11 is 0. The summed E-state index contributed by atoms with van der Waals surface area (Å²) in [6.45, 7) is 9.94. The molecule has 3 nitrogen and oxygen atoms in total. The number of carbonyl (C=O) groups is 1. The minimum Gasteiger partial charge on any atom is -0.341 e. The third-order valence-electron chi connectivity index (χ3n) is 5.06. The van der Waals surface area contributed by atoms with Crippen molar-refractivity contribution in [1.82, 2.24) is 4.90 Å². The number of amides is 1. The molecular formula is C15H26N2O. The Balaban J connectivity index is 2.85. The fourth-order valence-corrected chi connectivity index (χ4v) is 3.00. The molecule has 1 amide bonds. The molecular weight excluding hydrogens is 224 g/mol. The van der Waals surface area contributed by atoms with E-state index in [4.69, 9.17) is 0 Å². The van der Waals surface area contributed by atoms with Gasteiger partial charge in [-0.1, -0.05) is 27.7 Å². The molecule has 1 heterocycles. The fraction of sp³-hybridized carbons (Fsp3) is 0.867. The molecule has 0 aliphatic carbocycles. The maximum Gasteiger partial charge on any atom is 0.243 e. The standard InChI is InChI=1S/C15H26N2O/c1-5-14(6-2)9-10-17(12-14)13(18)15(7-3,8-4)11-16/h5-10,12H2,1-4H3. The third kappa shape index (κ3) is 2.39. The van der Waals surface area contributed by atoms with E-state index in [1.165, 1.54) is 0 Å². The Bertz CT molecular complexity index is 335. The van der Waals surface area contributed by atoms with E-state index in [0.717, 1.165) is 32.4 Å². The van der Waals surface area contributed by atoms with Crippen molar-refractivity contribution in [3.63, 3.8) is 0 Å². The maximum atomic E-state index is 12.6. The van der Waals surface area contributed by atoms with Crippen molar-refractivity contribution in [2.45, 2.75) is 59.8 Å². The van der Waals surface area contributed by atoms with Gasteiger partial charge >= 0.3 is 0 Å². The summed E-state index contributed by atoms with van der Waals surface area (Å²) in [5.41, 5.74) is -0.504. The number of carbonyl (C=O) groups excluding carboxylic acids is 1. The number of likely N-dealkylation sites (tertiary alicyclic amines) is 1. The van der Waals surface area contributed by atoms with Crippen molar-refractivity contribution in [3.05, 3.63) is 0 Å². The second-order valence-corrected chi connectivity index (χ2v) is 5.58. The van der Waals surface area contributed by atoms with Gasteiger partial charge < -0.3 is 4.90 Å². The van der Waals surface area contributed by atoms with Gasteiger partial charge in [-0.15, -0.1) is 0 Å². The van der Waals surface area contributed by atoms with Crippen LogP contribution in [0.2, 0.25) is 0 Å². The first-order valence-corrected chi connectivity index (χ1v) is 7.23. The Labute approximate surface area is 111 Å². The molecule has 1 saturated heterocycles. The molecule has 102 valence electrons. The van der Waals surface area contributed by atoms with E-state index in [1.807, 2.05) is 18.7 Å². The van der Waals surface area contributed by atoms with Crippen LogP contribution in [-0.4, -0.2) is 23.9 Å². The van der Waals surface area contributed by atoms with Gasteiger partial charge in [-0.3, -0.25) is 4.79 Å². The third-order valence-corrected chi connectivity index (χ3v) is 5.06. The van der Waals surface area contributed by atoms with Crippen molar-refractivity contribution in [3.8, 4) is 6.07 Å². The molecule has 0 saturated carbocycles. The van der Waals surface area contributed by atoms with Crippen molar-refractivity contribution >= 4 is 5.91 Å². The summed E-state index contributed by atoms with van der Waals surface area (Å²) in [7, 11) is 0. The van der Waals surface area contributed by atoms with Gasteiger partial charge in [0.05, 0.1) is 6.07 Å². The molecule has 1 fully saturated rings. The Kier molecular flexibility index (Phi) is 4.78. The highest BCUT2D eigenvalue weighted by molar-refractivity contribution is 5.85. The summed E-state index contributed by atoms with van der Waals surface area (Å²) in [6.07, 6.45) is 4.54. The van der Waals surface area contributed by atoms with Crippen LogP contribution in [0.5, 0.6) is 0 Å². The van der Waals surface area contributed by atoms with Crippen LogP contribution in [-0.2, 0) is 4.79 Å². The Morgan fingerprint density at radius 2 is 1.83 bits per heavy atom. The lowest BCUT2D eigenvalue weighted by Crippen LogP contribution is -2.42. The first kappa shape index (κ1) is 15.0. The summed E-state index contributed by atoms with van der Waals surface area (Å²) in [5.74, 6) is 0.0544. The molecule has 3 heteroatoms. The van der Waals surface area contributed by atoms with Gasteiger partial charge in [0, 0.05) is 13.1 Å². The van der Waals surface area contributed by atoms with E-state index in [2.05, 4.69) is 19.9 Å². The number of nitriles is 1. The molecule has 0 unspecified atom stereocenters. The van der Waals surface area contributed by atoms with E-state index >= 15 is 0 Å². The molecule has 1 rings (SSSR count). The predicted molar refractivity (Wildman–Crippen MR) is 72.8 cm³/mol. The number of hydrogen-bond acceptors (Lipinski definition) is 2. The average molecular weight is 250 g/mol. The van der Waals surface area contributed by atoms with Crippen LogP contribution in [0.1, 0.15) is 59.8 Å². The van der Waals surface area contributed by atoms with Crippen LogP contribution in [0.3, 0.4) is 0 Å². The first-order valence-electron chi connectivity index (χ1n) is 7.23. The molecule has 0 atom stereocenters. The number of rotatable bonds is 5. The van der Waals surface area contributed by atoms with Crippen molar-refractivity contribution < 1.29 is 4.79 Å². The van der Waals surface area contributed by atoms with Gasteiger partial charge in [0.15, 0.2) is 0 Å². The fourth-order valence-electron chi connectivity index (χ4n) is 3.00.